The lowest BCUT2D eigenvalue weighted by Gasteiger charge is -2.37. The van der Waals surface area contributed by atoms with Crippen molar-refractivity contribution in [2.45, 2.75) is 50.1 Å². The fourth-order valence-corrected chi connectivity index (χ4v) is 4.44. The molecule has 0 aromatic carbocycles. The molecular formula is C12H20N4O2S. The minimum atomic E-state index is -3.48. The summed E-state index contributed by atoms with van der Waals surface area (Å²) in [6.45, 7) is 3.91. The molecule has 2 atom stereocenters. The van der Waals surface area contributed by atoms with Crippen LogP contribution in [0.15, 0.2) is 23.2 Å². The van der Waals surface area contributed by atoms with Gasteiger partial charge in [-0.3, -0.25) is 0 Å². The highest BCUT2D eigenvalue weighted by Gasteiger charge is 2.35. The Morgan fingerprint density at radius 1 is 1.32 bits per heavy atom. The Hall–Kier alpha value is -1.18. The lowest BCUT2D eigenvalue weighted by molar-refractivity contribution is 0.204. The van der Waals surface area contributed by atoms with Gasteiger partial charge in [-0.1, -0.05) is 6.42 Å². The van der Waals surface area contributed by atoms with Crippen LogP contribution >= 0.6 is 0 Å². The highest BCUT2D eigenvalue weighted by atomic mass is 32.2. The van der Waals surface area contributed by atoms with Crippen molar-refractivity contribution >= 4 is 15.8 Å². The molecule has 0 unspecified atom stereocenters. The first-order chi connectivity index (χ1) is 8.96. The van der Waals surface area contributed by atoms with Crippen LogP contribution in [0.1, 0.15) is 33.1 Å². The Bertz CT molecular complexity index is 519. The molecule has 1 fully saturated rings. The number of rotatable bonds is 3. The van der Waals surface area contributed by atoms with E-state index in [2.05, 4.69) is 10.4 Å². The summed E-state index contributed by atoms with van der Waals surface area (Å²) in [5.41, 5.74) is 2.38. The Balaban J connectivity index is 2.34. The number of hydrogen-bond donors (Lipinski definition) is 2. The number of aromatic nitrogens is 1. The number of nitrogens with two attached hydrogens (primary N) is 1. The number of hydrogen-bond acceptors (Lipinski definition) is 5. The molecule has 6 nitrogen and oxygen atoms in total. The van der Waals surface area contributed by atoms with Gasteiger partial charge in [0.25, 0.3) is 0 Å². The number of sulfonamides is 1. The predicted octanol–water partition coefficient (Wildman–Crippen LogP) is 1.32. The third-order valence-electron chi connectivity index (χ3n) is 3.57. The van der Waals surface area contributed by atoms with Gasteiger partial charge in [-0.15, -0.1) is 0 Å². The quantitative estimate of drug-likeness (QED) is 0.645. The molecule has 7 heteroatoms. The molecule has 1 aromatic rings. The zero-order valence-corrected chi connectivity index (χ0v) is 12.0. The van der Waals surface area contributed by atoms with Crippen molar-refractivity contribution in [1.29, 1.82) is 0 Å². The second kappa shape index (κ2) is 5.44. The van der Waals surface area contributed by atoms with Crippen molar-refractivity contribution in [1.82, 2.24) is 9.29 Å². The van der Waals surface area contributed by atoms with Crippen LogP contribution in [-0.2, 0) is 10.0 Å². The summed E-state index contributed by atoms with van der Waals surface area (Å²) >= 11 is 0. The molecule has 2 rings (SSSR count). The van der Waals surface area contributed by atoms with Gasteiger partial charge in [0.1, 0.15) is 10.7 Å². The number of nitrogens with zero attached hydrogens (tertiary/aromatic N) is 2. The standard InChI is InChI=1S/C12H20N4O2S/c1-9-4-3-5-10(2)16(9)19(17,18)11-6-7-12(15-13)14-8-11/h6-10H,3-5,13H2,1-2H3,(H,14,15)/t9-,10+. The molecule has 0 saturated carbocycles. The van der Waals surface area contributed by atoms with Crippen LogP contribution in [0.2, 0.25) is 0 Å². The molecular weight excluding hydrogens is 264 g/mol. The monoisotopic (exact) mass is 284 g/mol. The van der Waals surface area contributed by atoms with Gasteiger partial charge in [0.05, 0.1) is 0 Å². The van der Waals surface area contributed by atoms with E-state index in [0.29, 0.717) is 5.82 Å². The second-order valence-corrected chi connectivity index (χ2v) is 6.83. The van der Waals surface area contributed by atoms with Gasteiger partial charge >= 0.3 is 0 Å². The van der Waals surface area contributed by atoms with E-state index in [1.807, 2.05) is 13.8 Å². The molecule has 1 aliphatic heterocycles. The van der Waals surface area contributed by atoms with Crippen molar-refractivity contribution in [2.75, 3.05) is 5.43 Å². The van der Waals surface area contributed by atoms with E-state index < -0.39 is 10.0 Å². The molecule has 1 saturated heterocycles. The molecule has 19 heavy (non-hydrogen) atoms. The molecule has 0 aliphatic carbocycles. The first-order valence-corrected chi connectivity index (χ1v) is 7.87. The number of anilines is 1. The van der Waals surface area contributed by atoms with Gasteiger partial charge in [0, 0.05) is 18.3 Å². The number of hydrazine groups is 1. The van der Waals surface area contributed by atoms with Crippen LogP contribution in [0.25, 0.3) is 0 Å². The zero-order chi connectivity index (χ0) is 14.0. The average molecular weight is 284 g/mol. The smallest absolute Gasteiger partial charge is 0.245 e. The van der Waals surface area contributed by atoms with E-state index in [9.17, 15) is 8.42 Å². The lowest BCUT2D eigenvalue weighted by Crippen LogP contribution is -2.47. The summed E-state index contributed by atoms with van der Waals surface area (Å²) < 4.78 is 26.9. The normalized spacial score (nSPS) is 25.2. The van der Waals surface area contributed by atoms with Gasteiger partial charge in [-0.2, -0.15) is 4.31 Å². The molecule has 3 N–H and O–H groups in total. The predicted molar refractivity (Wildman–Crippen MR) is 73.8 cm³/mol. The minimum Gasteiger partial charge on any atom is -0.308 e. The second-order valence-electron chi connectivity index (χ2n) is 4.99. The molecule has 0 spiro atoms. The van der Waals surface area contributed by atoms with Gasteiger partial charge < -0.3 is 5.43 Å². The Kier molecular flexibility index (Phi) is 4.07. The maximum absolute atomic E-state index is 12.6. The van der Waals surface area contributed by atoms with Crippen molar-refractivity contribution in [3.05, 3.63) is 18.3 Å². The molecule has 0 bridgehead atoms. The maximum Gasteiger partial charge on any atom is 0.245 e. The van der Waals surface area contributed by atoms with Gasteiger partial charge in [-0.05, 0) is 38.8 Å². The van der Waals surface area contributed by atoms with Crippen molar-refractivity contribution in [3.8, 4) is 0 Å². The summed E-state index contributed by atoms with van der Waals surface area (Å²) in [5, 5.41) is 0. The summed E-state index contributed by atoms with van der Waals surface area (Å²) in [4.78, 5) is 4.18. The van der Waals surface area contributed by atoms with Gasteiger partial charge in [0.15, 0.2) is 0 Å². The van der Waals surface area contributed by atoms with Gasteiger partial charge in [-0.25, -0.2) is 19.2 Å². The first-order valence-electron chi connectivity index (χ1n) is 6.43. The van der Waals surface area contributed by atoms with E-state index in [0.717, 1.165) is 19.3 Å². The Labute approximate surface area is 114 Å². The summed E-state index contributed by atoms with van der Waals surface area (Å²) in [6.07, 6.45) is 4.22. The van der Waals surface area contributed by atoms with Crippen molar-refractivity contribution in [2.24, 2.45) is 5.84 Å². The van der Waals surface area contributed by atoms with Crippen LogP contribution in [-0.4, -0.2) is 29.8 Å². The lowest BCUT2D eigenvalue weighted by atomic mass is 10.0. The number of piperidine rings is 1. The molecule has 0 amide bonds. The van der Waals surface area contributed by atoms with E-state index in [1.165, 1.54) is 12.3 Å². The van der Waals surface area contributed by atoms with Crippen molar-refractivity contribution in [3.63, 3.8) is 0 Å². The van der Waals surface area contributed by atoms with E-state index >= 15 is 0 Å². The highest BCUT2D eigenvalue weighted by molar-refractivity contribution is 7.89. The average Bonchev–Trinajstić information content (AvgIpc) is 2.38. The van der Waals surface area contributed by atoms with E-state index in [1.54, 1.807) is 10.4 Å². The molecule has 1 aliphatic rings. The van der Waals surface area contributed by atoms with Crippen LogP contribution in [0, 0.1) is 0 Å². The minimum absolute atomic E-state index is 0.0288. The molecule has 2 heterocycles. The highest BCUT2D eigenvalue weighted by Crippen LogP contribution is 2.29. The summed E-state index contributed by atoms with van der Waals surface area (Å²) in [5.74, 6) is 5.67. The third kappa shape index (κ3) is 2.72. The maximum atomic E-state index is 12.6. The summed E-state index contributed by atoms with van der Waals surface area (Å²) in [7, 11) is -3.48. The summed E-state index contributed by atoms with van der Waals surface area (Å²) in [6, 6.07) is 3.15. The fourth-order valence-electron chi connectivity index (χ4n) is 2.61. The third-order valence-corrected chi connectivity index (χ3v) is 5.68. The number of nitrogens with one attached hydrogen (secondary N) is 1. The van der Waals surface area contributed by atoms with E-state index in [4.69, 9.17) is 5.84 Å². The fraction of sp³-hybridized carbons (Fsp3) is 0.583. The van der Waals surface area contributed by atoms with Crippen LogP contribution in [0.4, 0.5) is 5.82 Å². The first kappa shape index (κ1) is 14.2. The topological polar surface area (TPSA) is 88.3 Å². The van der Waals surface area contributed by atoms with E-state index in [-0.39, 0.29) is 17.0 Å². The van der Waals surface area contributed by atoms with Crippen molar-refractivity contribution < 1.29 is 8.42 Å². The molecule has 0 radical (unpaired) electrons. The Morgan fingerprint density at radius 3 is 2.42 bits per heavy atom. The van der Waals surface area contributed by atoms with Crippen LogP contribution in [0.3, 0.4) is 0 Å². The van der Waals surface area contributed by atoms with Gasteiger partial charge in [0.2, 0.25) is 10.0 Å². The Morgan fingerprint density at radius 2 is 1.95 bits per heavy atom. The SMILES string of the molecule is C[C@@H]1CCC[C@H](C)N1S(=O)(=O)c1ccc(NN)nc1. The largest absolute Gasteiger partial charge is 0.308 e. The number of pyridine rings is 1. The molecule has 106 valence electrons. The zero-order valence-electron chi connectivity index (χ0n) is 11.2. The number of nitrogen functional groups attached to an aromatic ring is 1. The van der Waals surface area contributed by atoms with Crippen LogP contribution in [0.5, 0.6) is 0 Å². The molecule has 1 aromatic heterocycles. The van der Waals surface area contributed by atoms with Crippen LogP contribution < -0.4 is 11.3 Å².